The van der Waals surface area contributed by atoms with E-state index in [-0.39, 0.29) is 25.0 Å². The van der Waals surface area contributed by atoms with Gasteiger partial charge in [0.1, 0.15) is 6.54 Å². The molecule has 0 saturated carbocycles. The number of esters is 1. The minimum atomic E-state index is -0.429. The second kappa shape index (κ2) is 7.85. The van der Waals surface area contributed by atoms with Crippen molar-refractivity contribution >= 4 is 23.5 Å². The van der Waals surface area contributed by atoms with Crippen LogP contribution in [0, 0.1) is 5.92 Å². The van der Waals surface area contributed by atoms with Crippen LogP contribution >= 0.6 is 11.6 Å². The molecule has 6 heteroatoms. The van der Waals surface area contributed by atoms with Crippen LogP contribution in [0.3, 0.4) is 0 Å². The summed E-state index contributed by atoms with van der Waals surface area (Å²) in [6.45, 7) is 6.31. The lowest BCUT2D eigenvalue weighted by atomic mass is 10.1. The topological polar surface area (TPSA) is 59.5 Å². The van der Waals surface area contributed by atoms with E-state index in [0.29, 0.717) is 17.1 Å². The molecule has 0 spiro atoms. The van der Waals surface area contributed by atoms with Gasteiger partial charge in [-0.25, -0.2) is 0 Å². The molecule has 0 aromatic carbocycles. The SMILES string of the molecule is CCOC(=O)CN(CC(C)C)C(=O)c1cnccc1Cl. The highest BCUT2D eigenvalue weighted by Crippen LogP contribution is 2.16. The van der Waals surface area contributed by atoms with Crippen molar-refractivity contribution in [3.05, 3.63) is 29.0 Å². The van der Waals surface area contributed by atoms with E-state index in [0.717, 1.165) is 0 Å². The van der Waals surface area contributed by atoms with Gasteiger partial charge < -0.3 is 9.64 Å². The third-order valence-corrected chi connectivity index (χ3v) is 2.83. The Labute approximate surface area is 123 Å². The fourth-order valence-corrected chi connectivity index (χ4v) is 1.91. The maximum absolute atomic E-state index is 12.4. The average Bonchev–Trinajstić information content (AvgIpc) is 2.37. The van der Waals surface area contributed by atoms with E-state index in [1.807, 2.05) is 13.8 Å². The Hall–Kier alpha value is -1.62. The van der Waals surface area contributed by atoms with Gasteiger partial charge in [0, 0.05) is 18.9 Å². The van der Waals surface area contributed by atoms with E-state index in [1.54, 1.807) is 13.0 Å². The molecule has 1 aromatic rings. The number of ether oxygens (including phenoxy) is 1. The average molecular weight is 299 g/mol. The van der Waals surface area contributed by atoms with E-state index >= 15 is 0 Å². The second-order valence-electron chi connectivity index (χ2n) is 4.74. The lowest BCUT2D eigenvalue weighted by Gasteiger charge is -2.23. The highest BCUT2D eigenvalue weighted by Gasteiger charge is 2.22. The standard InChI is InChI=1S/C14H19ClN2O3/c1-4-20-13(18)9-17(8-10(2)3)14(19)11-7-16-6-5-12(11)15/h5-7,10H,4,8-9H2,1-3H3. The summed E-state index contributed by atoms with van der Waals surface area (Å²) >= 11 is 5.99. The van der Waals surface area contributed by atoms with Crippen molar-refractivity contribution in [1.29, 1.82) is 0 Å². The third kappa shape index (κ3) is 4.81. The van der Waals surface area contributed by atoms with E-state index < -0.39 is 5.97 Å². The number of pyridine rings is 1. The predicted molar refractivity (Wildman–Crippen MR) is 76.6 cm³/mol. The molecule has 0 unspecified atom stereocenters. The Morgan fingerprint density at radius 1 is 1.45 bits per heavy atom. The van der Waals surface area contributed by atoms with Gasteiger partial charge in [0.2, 0.25) is 0 Å². The van der Waals surface area contributed by atoms with Gasteiger partial charge in [-0.1, -0.05) is 25.4 Å². The maximum Gasteiger partial charge on any atom is 0.325 e. The number of amides is 1. The molecule has 5 nitrogen and oxygen atoms in total. The van der Waals surface area contributed by atoms with Gasteiger partial charge in [-0.15, -0.1) is 0 Å². The van der Waals surface area contributed by atoms with Crippen LogP contribution in [-0.4, -0.2) is 41.5 Å². The van der Waals surface area contributed by atoms with Crippen molar-refractivity contribution in [2.45, 2.75) is 20.8 Å². The summed E-state index contributed by atoms with van der Waals surface area (Å²) in [7, 11) is 0. The van der Waals surface area contributed by atoms with Crippen LogP contribution in [0.25, 0.3) is 0 Å². The molecule has 0 bridgehead atoms. The lowest BCUT2D eigenvalue weighted by molar-refractivity contribution is -0.143. The first-order valence-corrected chi connectivity index (χ1v) is 6.87. The molecule has 110 valence electrons. The van der Waals surface area contributed by atoms with E-state index in [1.165, 1.54) is 17.3 Å². The molecular formula is C14H19ClN2O3. The van der Waals surface area contributed by atoms with Crippen LogP contribution in [0.1, 0.15) is 31.1 Å². The summed E-state index contributed by atoms with van der Waals surface area (Å²) in [5.74, 6) is -0.518. The van der Waals surface area contributed by atoms with E-state index in [9.17, 15) is 9.59 Å². The normalized spacial score (nSPS) is 10.4. The first-order valence-electron chi connectivity index (χ1n) is 6.50. The molecule has 0 fully saturated rings. The van der Waals surface area contributed by atoms with Crippen molar-refractivity contribution < 1.29 is 14.3 Å². The third-order valence-electron chi connectivity index (χ3n) is 2.50. The van der Waals surface area contributed by atoms with Crippen molar-refractivity contribution in [3.63, 3.8) is 0 Å². The van der Waals surface area contributed by atoms with Gasteiger partial charge in [-0.3, -0.25) is 14.6 Å². The monoisotopic (exact) mass is 298 g/mol. The van der Waals surface area contributed by atoms with Crippen LogP contribution in [0.2, 0.25) is 5.02 Å². The molecule has 1 aromatic heterocycles. The summed E-state index contributed by atoms with van der Waals surface area (Å²) < 4.78 is 4.89. The molecular weight excluding hydrogens is 280 g/mol. The Bertz CT molecular complexity index is 477. The minimum absolute atomic E-state index is 0.0872. The number of nitrogens with zero attached hydrogens (tertiary/aromatic N) is 2. The first-order chi connectivity index (χ1) is 9.45. The first kappa shape index (κ1) is 16.4. The largest absolute Gasteiger partial charge is 0.465 e. The zero-order chi connectivity index (χ0) is 15.1. The minimum Gasteiger partial charge on any atom is -0.465 e. The molecule has 0 aliphatic heterocycles. The number of aromatic nitrogens is 1. The number of carbonyl (C=O) groups is 2. The molecule has 1 rings (SSSR count). The predicted octanol–water partition coefficient (Wildman–Crippen LogP) is 2.40. The van der Waals surface area contributed by atoms with Crippen LogP contribution in [0.4, 0.5) is 0 Å². The van der Waals surface area contributed by atoms with Gasteiger partial charge in [0.15, 0.2) is 0 Å². The number of hydrogen-bond acceptors (Lipinski definition) is 4. The fourth-order valence-electron chi connectivity index (χ4n) is 1.73. The van der Waals surface area contributed by atoms with Gasteiger partial charge in [0.05, 0.1) is 17.2 Å². The van der Waals surface area contributed by atoms with Crippen LogP contribution in [0.5, 0.6) is 0 Å². The number of halogens is 1. The van der Waals surface area contributed by atoms with Crippen LogP contribution in [-0.2, 0) is 9.53 Å². The quantitative estimate of drug-likeness (QED) is 0.757. The van der Waals surface area contributed by atoms with Crippen LogP contribution < -0.4 is 0 Å². The highest BCUT2D eigenvalue weighted by molar-refractivity contribution is 6.33. The molecule has 20 heavy (non-hydrogen) atoms. The van der Waals surface area contributed by atoms with Crippen molar-refractivity contribution in [3.8, 4) is 0 Å². The van der Waals surface area contributed by atoms with Gasteiger partial charge in [0.25, 0.3) is 5.91 Å². The summed E-state index contributed by atoms with van der Waals surface area (Å²) in [5.41, 5.74) is 0.291. The maximum atomic E-state index is 12.4. The molecule has 0 radical (unpaired) electrons. The van der Waals surface area contributed by atoms with Crippen molar-refractivity contribution in [2.75, 3.05) is 19.7 Å². The zero-order valence-electron chi connectivity index (χ0n) is 11.9. The molecule has 0 aliphatic carbocycles. The highest BCUT2D eigenvalue weighted by atomic mass is 35.5. The summed E-state index contributed by atoms with van der Waals surface area (Å²) in [5, 5.41) is 0.322. The van der Waals surface area contributed by atoms with Gasteiger partial charge in [-0.2, -0.15) is 0 Å². The van der Waals surface area contributed by atoms with E-state index in [2.05, 4.69) is 4.98 Å². The smallest absolute Gasteiger partial charge is 0.325 e. The van der Waals surface area contributed by atoms with Crippen LogP contribution in [0.15, 0.2) is 18.5 Å². The van der Waals surface area contributed by atoms with Gasteiger partial charge in [-0.05, 0) is 18.9 Å². The number of rotatable bonds is 6. The van der Waals surface area contributed by atoms with Gasteiger partial charge >= 0.3 is 5.97 Å². The molecule has 1 amide bonds. The Balaban J connectivity index is 2.90. The Kier molecular flexibility index (Phi) is 6.45. The number of hydrogen-bond donors (Lipinski definition) is 0. The lowest BCUT2D eigenvalue weighted by Crippen LogP contribution is -2.39. The zero-order valence-corrected chi connectivity index (χ0v) is 12.7. The molecule has 0 saturated heterocycles. The Morgan fingerprint density at radius 2 is 2.15 bits per heavy atom. The molecule has 0 atom stereocenters. The molecule has 0 aliphatic rings. The summed E-state index contributed by atoms with van der Waals surface area (Å²) in [6, 6.07) is 1.55. The van der Waals surface area contributed by atoms with Crippen molar-refractivity contribution in [2.24, 2.45) is 5.92 Å². The van der Waals surface area contributed by atoms with Crippen molar-refractivity contribution in [1.82, 2.24) is 9.88 Å². The summed E-state index contributed by atoms with van der Waals surface area (Å²) in [4.78, 5) is 29.4. The number of carbonyl (C=O) groups excluding carboxylic acids is 2. The second-order valence-corrected chi connectivity index (χ2v) is 5.15. The van der Waals surface area contributed by atoms with E-state index in [4.69, 9.17) is 16.3 Å². The molecule has 1 heterocycles. The summed E-state index contributed by atoms with van der Waals surface area (Å²) in [6.07, 6.45) is 2.92. The Morgan fingerprint density at radius 3 is 2.70 bits per heavy atom. The molecule has 0 N–H and O–H groups in total. The fraction of sp³-hybridized carbons (Fsp3) is 0.500.